The van der Waals surface area contributed by atoms with Crippen molar-refractivity contribution >= 4 is 64.9 Å². The third-order valence-corrected chi connectivity index (χ3v) is 9.17. The largest absolute Gasteiger partial charge is 0.367 e. The molecule has 3 heterocycles. The lowest BCUT2D eigenvalue weighted by Gasteiger charge is -2.32. The number of hydrogen-bond acceptors (Lipinski definition) is 5. The third-order valence-electron chi connectivity index (χ3n) is 5.84. The topological polar surface area (TPSA) is 79.6 Å². The number of sulfonamides is 1. The van der Waals surface area contributed by atoms with Gasteiger partial charge >= 0.3 is 0 Å². The van der Waals surface area contributed by atoms with E-state index in [-0.39, 0.29) is 6.04 Å². The standard InChI is InChI=1S/C23H20Br2ClN5O2S/c24-15-5-7-17(8-6-15)34(32,33)30-11-9-16(10-12-30)28-22-13-21(18-3-1-2-4-20(18)26)29-23-19(25)14-27-31(22)23/h1-8,13-14,16,28H,9-12H2. The monoisotopic (exact) mass is 623 g/mol. The van der Waals surface area contributed by atoms with Crippen molar-refractivity contribution in [2.75, 3.05) is 18.4 Å². The van der Waals surface area contributed by atoms with Gasteiger partial charge in [0.2, 0.25) is 10.0 Å². The van der Waals surface area contributed by atoms with Crippen molar-refractivity contribution < 1.29 is 8.42 Å². The second-order valence-electron chi connectivity index (χ2n) is 8.01. The molecule has 0 spiro atoms. The van der Waals surface area contributed by atoms with Crippen LogP contribution in [0.4, 0.5) is 5.82 Å². The molecule has 0 aliphatic carbocycles. The van der Waals surface area contributed by atoms with Crippen LogP contribution in [0.2, 0.25) is 5.02 Å². The van der Waals surface area contributed by atoms with Crippen molar-refractivity contribution in [3.63, 3.8) is 0 Å². The Hall–Kier alpha value is -1.98. The van der Waals surface area contributed by atoms with Crippen molar-refractivity contribution in [2.45, 2.75) is 23.8 Å². The third kappa shape index (κ3) is 4.61. The van der Waals surface area contributed by atoms with Crippen LogP contribution in [0, 0.1) is 0 Å². The van der Waals surface area contributed by atoms with Crippen molar-refractivity contribution in [3.8, 4) is 11.3 Å². The van der Waals surface area contributed by atoms with Gasteiger partial charge in [0.05, 0.1) is 21.3 Å². The maximum atomic E-state index is 13.0. The summed E-state index contributed by atoms with van der Waals surface area (Å²) in [4.78, 5) is 5.05. The van der Waals surface area contributed by atoms with E-state index in [1.165, 1.54) is 0 Å². The molecule has 0 radical (unpaired) electrons. The molecule has 11 heteroatoms. The van der Waals surface area contributed by atoms with E-state index < -0.39 is 10.0 Å². The zero-order valence-corrected chi connectivity index (χ0v) is 22.6. The Labute approximate surface area is 219 Å². The molecule has 1 N–H and O–H groups in total. The van der Waals surface area contributed by atoms with Gasteiger partial charge in [0.25, 0.3) is 0 Å². The molecule has 1 saturated heterocycles. The fourth-order valence-corrected chi connectivity index (χ4v) is 6.37. The molecular weight excluding hydrogens is 606 g/mol. The van der Waals surface area contributed by atoms with Crippen molar-refractivity contribution in [1.82, 2.24) is 18.9 Å². The van der Waals surface area contributed by atoms with E-state index in [9.17, 15) is 8.42 Å². The average Bonchev–Trinajstić information content (AvgIpc) is 3.21. The lowest BCUT2D eigenvalue weighted by Crippen LogP contribution is -2.42. The fourth-order valence-electron chi connectivity index (χ4n) is 4.05. The van der Waals surface area contributed by atoms with Crippen LogP contribution in [-0.2, 0) is 10.0 Å². The number of nitrogens with zero attached hydrogens (tertiary/aromatic N) is 4. The first-order chi connectivity index (χ1) is 16.3. The van der Waals surface area contributed by atoms with E-state index in [2.05, 4.69) is 42.3 Å². The van der Waals surface area contributed by atoms with Crippen molar-refractivity contribution in [3.05, 3.63) is 74.8 Å². The van der Waals surface area contributed by atoms with Gasteiger partial charge in [-0.15, -0.1) is 0 Å². The molecule has 176 valence electrons. The average molecular weight is 626 g/mol. The van der Waals surface area contributed by atoms with Gasteiger partial charge in [0.1, 0.15) is 5.82 Å². The highest BCUT2D eigenvalue weighted by Crippen LogP contribution is 2.31. The summed E-state index contributed by atoms with van der Waals surface area (Å²) in [6, 6.07) is 16.3. The molecule has 34 heavy (non-hydrogen) atoms. The predicted octanol–water partition coefficient (Wildman–Crippen LogP) is 5.84. The predicted molar refractivity (Wildman–Crippen MR) is 141 cm³/mol. The van der Waals surface area contributed by atoms with E-state index in [4.69, 9.17) is 16.6 Å². The van der Waals surface area contributed by atoms with Gasteiger partial charge in [0, 0.05) is 40.3 Å². The summed E-state index contributed by atoms with van der Waals surface area (Å²) in [5.41, 5.74) is 2.24. The Kier molecular flexibility index (Phi) is 6.69. The van der Waals surface area contributed by atoms with E-state index in [0.717, 1.165) is 26.0 Å². The number of fused-ring (bicyclic) bond motifs is 1. The van der Waals surface area contributed by atoms with E-state index in [1.807, 2.05) is 30.3 Å². The maximum Gasteiger partial charge on any atom is 0.243 e. The van der Waals surface area contributed by atoms with Crippen LogP contribution in [0.3, 0.4) is 0 Å². The Bertz CT molecular complexity index is 1450. The fraction of sp³-hybridized carbons (Fsp3) is 0.217. The molecule has 1 aliphatic heterocycles. The number of nitrogens with one attached hydrogen (secondary N) is 1. The number of anilines is 1. The van der Waals surface area contributed by atoms with Gasteiger partial charge in [-0.1, -0.05) is 45.7 Å². The smallest absolute Gasteiger partial charge is 0.243 e. The molecule has 5 rings (SSSR count). The number of benzene rings is 2. The minimum Gasteiger partial charge on any atom is -0.367 e. The molecule has 0 bridgehead atoms. The lowest BCUT2D eigenvalue weighted by molar-refractivity contribution is 0.329. The molecule has 2 aromatic carbocycles. The first kappa shape index (κ1) is 23.7. The number of halogens is 3. The second kappa shape index (κ2) is 9.58. The Morgan fingerprint density at radius 1 is 1.03 bits per heavy atom. The summed E-state index contributed by atoms with van der Waals surface area (Å²) < 4.78 is 31.0. The minimum absolute atomic E-state index is 0.0871. The molecule has 0 unspecified atom stereocenters. The maximum absolute atomic E-state index is 13.0. The number of aromatic nitrogens is 3. The van der Waals surface area contributed by atoms with Crippen LogP contribution >= 0.6 is 43.5 Å². The zero-order valence-electron chi connectivity index (χ0n) is 17.8. The number of hydrogen-bond donors (Lipinski definition) is 1. The zero-order chi connectivity index (χ0) is 23.9. The van der Waals surface area contributed by atoms with Crippen LogP contribution in [0.1, 0.15) is 12.8 Å². The molecule has 2 aromatic heterocycles. The first-order valence-electron chi connectivity index (χ1n) is 10.6. The van der Waals surface area contributed by atoms with Gasteiger partial charge in [0.15, 0.2) is 5.65 Å². The second-order valence-corrected chi connectivity index (χ2v) is 12.1. The SMILES string of the molecule is O=S(=O)(c1ccc(Br)cc1)N1CCC(Nc2cc(-c3ccccc3Cl)nc3c(Br)cnn23)CC1. The van der Waals surface area contributed by atoms with Crippen LogP contribution in [0.5, 0.6) is 0 Å². The van der Waals surface area contributed by atoms with Gasteiger partial charge in [-0.25, -0.2) is 13.4 Å². The highest BCUT2D eigenvalue weighted by Gasteiger charge is 2.30. The summed E-state index contributed by atoms with van der Waals surface area (Å²) in [7, 11) is -3.52. The lowest BCUT2D eigenvalue weighted by atomic mass is 10.1. The molecule has 1 fully saturated rings. The molecule has 0 atom stereocenters. The van der Waals surface area contributed by atoms with E-state index in [1.54, 1.807) is 39.3 Å². The minimum atomic E-state index is -3.52. The molecule has 1 aliphatic rings. The first-order valence-corrected chi connectivity index (χ1v) is 14.0. The summed E-state index contributed by atoms with van der Waals surface area (Å²) in [5, 5.41) is 8.62. The van der Waals surface area contributed by atoms with Crippen molar-refractivity contribution in [2.24, 2.45) is 0 Å². The quantitative estimate of drug-likeness (QED) is 0.302. The van der Waals surface area contributed by atoms with Crippen molar-refractivity contribution in [1.29, 1.82) is 0 Å². The summed E-state index contributed by atoms with van der Waals surface area (Å²) in [5.74, 6) is 0.778. The molecular formula is C23H20Br2ClN5O2S. The molecule has 0 amide bonds. The normalized spacial score (nSPS) is 15.6. The van der Waals surface area contributed by atoms with Crippen LogP contribution in [0.15, 0.2) is 74.6 Å². The van der Waals surface area contributed by atoms with Crippen LogP contribution in [0.25, 0.3) is 16.9 Å². The van der Waals surface area contributed by atoms with Gasteiger partial charge in [-0.2, -0.15) is 13.9 Å². The number of piperidine rings is 1. The Morgan fingerprint density at radius 2 is 1.74 bits per heavy atom. The van der Waals surface area contributed by atoms with Gasteiger partial charge in [-0.05, 0) is 59.1 Å². The van der Waals surface area contributed by atoms with E-state index in [0.29, 0.717) is 41.5 Å². The summed E-state index contributed by atoms with van der Waals surface area (Å²) >= 11 is 13.3. The highest BCUT2D eigenvalue weighted by molar-refractivity contribution is 9.11. The molecule has 4 aromatic rings. The van der Waals surface area contributed by atoms with Gasteiger partial charge in [-0.3, -0.25) is 0 Å². The van der Waals surface area contributed by atoms with E-state index >= 15 is 0 Å². The van der Waals surface area contributed by atoms with Crippen LogP contribution < -0.4 is 5.32 Å². The van der Waals surface area contributed by atoms with Gasteiger partial charge < -0.3 is 5.32 Å². The molecule has 7 nitrogen and oxygen atoms in total. The summed E-state index contributed by atoms with van der Waals surface area (Å²) in [6.07, 6.45) is 3.05. The highest BCUT2D eigenvalue weighted by atomic mass is 79.9. The Morgan fingerprint density at radius 3 is 2.44 bits per heavy atom. The van der Waals surface area contributed by atoms with Crippen LogP contribution in [-0.4, -0.2) is 46.5 Å². The Balaban J connectivity index is 1.37. The summed E-state index contributed by atoms with van der Waals surface area (Å²) in [6.45, 7) is 0.870. The molecule has 0 saturated carbocycles. The number of rotatable bonds is 5.